The number of aryl methyl sites for hydroxylation is 2. The lowest BCUT2D eigenvalue weighted by atomic mass is 9.78. The van der Waals surface area contributed by atoms with Crippen molar-refractivity contribution in [2.75, 3.05) is 106 Å². The number of amides is 4. The fourth-order valence-corrected chi connectivity index (χ4v) is 16.0. The Morgan fingerprint density at radius 1 is 0.490 bits per heavy atom. The largest absolute Gasteiger partial charge is 0.475 e. The third-order valence-electron chi connectivity index (χ3n) is 21.3. The Balaban J connectivity index is 0.000000165. The van der Waals surface area contributed by atoms with E-state index in [9.17, 15) is 19.2 Å². The Morgan fingerprint density at radius 2 is 0.951 bits per heavy atom. The van der Waals surface area contributed by atoms with E-state index in [4.69, 9.17) is 19.5 Å². The monoisotopic (exact) mass is 1370 g/mol. The smallest absolute Gasteiger partial charge is 0.237 e. The van der Waals surface area contributed by atoms with Crippen molar-refractivity contribution in [1.29, 1.82) is 0 Å². The predicted molar refractivity (Wildman–Crippen MR) is 393 cm³/mol. The zero-order valence-corrected chi connectivity index (χ0v) is 59.2. The molecular weight excluding hydrogens is 1280 g/mol. The third kappa shape index (κ3) is 14.1. The van der Waals surface area contributed by atoms with Gasteiger partial charge in [-0.3, -0.25) is 48.3 Å². The molecule has 0 bridgehead atoms. The summed E-state index contributed by atoms with van der Waals surface area (Å²) in [5.41, 5.74) is 14.5. The van der Waals surface area contributed by atoms with Crippen LogP contribution < -0.4 is 24.2 Å². The Bertz CT molecular complexity index is 4540. The van der Waals surface area contributed by atoms with Gasteiger partial charge < -0.3 is 34.0 Å². The maximum Gasteiger partial charge on any atom is 0.237 e. The number of piperidine rings is 2. The van der Waals surface area contributed by atoms with Gasteiger partial charge in [0, 0.05) is 155 Å². The standard InChI is InChI=1S/C40H44N8O3.C39H45N9O3/c1-27(2)51-35-12-10-32(23-41-35)37-34-21-33(11-9-31(34)22-42-37)48-17-4-15-40(39(48)50)16-20-46(25-40)24-36(49)47-18-13-29(14-19-47)28-5-7-30(8-6-28)38-43-26-45(3)44-38;1-27(2)51-34-12-8-30(23-40-34)36-33-21-32(11-7-29(33)22-41-36)48-15-4-13-39(38(48)50)14-16-45(25-39)24-35(49)47-19-17-46(18-20-47)31-9-5-28(6-10-31)37-42-26-44(3)43-37/h5-13,21,23,26-27H,4,14-20,22,24-25H2,1-3H3;5-12,21,23,26-27H,4,13-20,22,24-25H2,1-3H3. The molecule has 0 aliphatic carbocycles. The number of aromatic nitrogens is 8. The average Bonchev–Trinajstić information content (AvgIpc) is 1.55. The molecule has 0 N–H and O–H groups in total. The number of hydrogen-bond acceptors (Lipinski definition) is 17. The molecule has 23 heteroatoms. The second-order valence-corrected chi connectivity index (χ2v) is 29.0. The molecule has 8 aromatic rings. The first-order chi connectivity index (χ1) is 49.5. The Labute approximate surface area is 595 Å². The topological polar surface area (TPSA) is 221 Å². The van der Waals surface area contributed by atoms with Crippen LogP contribution in [0.4, 0.5) is 17.1 Å². The first kappa shape index (κ1) is 67.6. The van der Waals surface area contributed by atoms with E-state index in [1.54, 1.807) is 22.0 Å². The summed E-state index contributed by atoms with van der Waals surface area (Å²) in [6.07, 6.45) is 15.3. The van der Waals surface area contributed by atoms with Gasteiger partial charge in [-0.25, -0.2) is 19.9 Å². The number of carbonyl (C=O) groups excluding carboxylic acids is 4. The van der Waals surface area contributed by atoms with Crippen molar-refractivity contribution in [3.8, 4) is 34.5 Å². The van der Waals surface area contributed by atoms with Crippen molar-refractivity contribution in [3.63, 3.8) is 0 Å². The number of anilines is 3. The molecule has 2 atom stereocenters. The van der Waals surface area contributed by atoms with Gasteiger partial charge in [-0.05, 0) is 169 Å². The Hall–Kier alpha value is -10.3. The summed E-state index contributed by atoms with van der Waals surface area (Å²) >= 11 is 0. The predicted octanol–water partition coefficient (Wildman–Crippen LogP) is 9.33. The average molecular weight is 1370 g/mol. The maximum atomic E-state index is 14.3. The van der Waals surface area contributed by atoms with Crippen molar-refractivity contribution in [2.24, 2.45) is 34.9 Å². The van der Waals surface area contributed by atoms with Crippen LogP contribution in [0.25, 0.3) is 28.3 Å². The number of piperazine rings is 1. The van der Waals surface area contributed by atoms with Gasteiger partial charge in [0.2, 0.25) is 35.4 Å². The first-order valence-corrected chi connectivity index (χ1v) is 36.1. The lowest BCUT2D eigenvalue weighted by molar-refractivity contribution is -0.134. The molecule has 4 amide bonds. The molecule has 0 radical (unpaired) electrons. The summed E-state index contributed by atoms with van der Waals surface area (Å²) in [6.45, 7) is 18.2. The maximum absolute atomic E-state index is 14.3. The van der Waals surface area contributed by atoms with Gasteiger partial charge in [-0.15, -0.1) is 0 Å². The van der Waals surface area contributed by atoms with Gasteiger partial charge in [-0.1, -0.05) is 42.5 Å². The second kappa shape index (κ2) is 28.6. The number of fused-ring (bicyclic) bond motifs is 2. The van der Waals surface area contributed by atoms with Crippen LogP contribution in [-0.4, -0.2) is 198 Å². The highest BCUT2D eigenvalue weighted by molar-refractivity contribution is 6.17. The number of hydrogen-bond donors (Lipinski definition) is 0. The van der Waals surface area contributed by atoms with Crippen molar-refractivity contribution in [3.05, 3.63) is 179 Å². The summed E-state index contributed by atoms with van der Waals surface area (Å²) in [6, 6.07) is 37.0. The molecule has 526 valence electrons. The number of likely N-dealkylation sites (tertiary alicyclic amines) is 2. The number of rotatable bonds is 16. The number of benzene rings is 4. The molecule has 4 aromatic heterocycles. The second-order valence-electron chi connectivity index (χ2n) is 29.0. The van der Waals surface area contributed by atoms with Gasteiger partial charge >= 0.3 is 0 Å². The van der Waals surface area contributed by atoms with Gasteiger partial charge in [0.1, 0.15) is 12.7 Å². The van der Waals surface area contributed by atoms with E-state index in [1.165, 1.54) is 11.1 Å². The molecule has 12 heterocycles. The normalized spacial score (nSPS) is 20.7. The summed E-state index contributed by atoms with van der Waals surface area (Å²) < 4.78 is 14.9. The fraction of sp³-hybridized carbons (Fsp3) is 0.418. The van der Waals surface area contributed by atoms with Crippen LogP contribution in [0.1, 0.15) is 112 Å². The molecule has 102 heavy (non-hydrogen) atoms. The Kier molecular flexibility index (Phi) is 19.0. The summed E-state index contributed by atoms with van der Waals surface area (Å²) in [4.78, 5) is 97.4. The van der Waals surface area contributed by atoms with E-state index in [1.807, 2.05) is 98.0 Å². The Morgan fingerprint density at radius 3 is 1.39 bits per heavy atom. The number of ether oxygens (including phenoxy) is 2. The van der Waals surface area contributed by atoms with Crippen molar-refractivity contribution < 1.29 is 28.7 Å². The number of aliphatic imine (C=N–C) groups is 2. The van der Waals surface area contributed by atoms with E-state index in [0.29, 0.717) is 102 Å². The van der Waals surface area contributed by atoms with Crippen LogP contribution in [0.2, 0.25) is 0 Å². The van der Waals surface area contributed by atoms with Crippen LogP contribution in [0, 0.1) is 10.8 Å². The minimum absolute atomic E-state index is 0.0569. The first-order valence-electron chi connectivity index (χ1n) is 36.1. The molecular formula is C79H89N17O6. The lowest BCUT2D eigenvalue weighted by Crippen LogP contribution is -2.52. The molecule has 2 unspecified atom stereocenters. The van der Waals surface area contributed by atoms with Crippen molar-refractivity contribution in [1.82, 2.24) is 59.1 Å². The summed E-state index contributed by atoms with van der Waals surface area (Å²) in [7, 11) is 3.73. The molecule has 4 aromatic carbocycles. The van der Waals surface area contributed by atoms with Gasteiger partial charge in [0.25, 0.3) is 0 Å². The third-order valence-corrected chi connectivity index (χ3v) is 21.3. The molecule has 8 aliphatic heterocycles. The number of carbonyl (C=O) groups is 4. The molecule has 5 saturated heterocycles. The van der Waals surface area contributed by atoms with E-state index >= 15 is 0 Å². The highest BCUT2D eigenvalue weighted by Crippen LogP contribution is 2.44. The minimum atomic E-state index is -0.462. The zero-order chi connectivity index (χ0) is 70.2. The molecule has 23 nitrogen and oxygen atoms in total. The lowest BCUT2D eigenvalue weighted by Gasteiger charge is -2.40. The van der Waals surface area contributed by atoms with E-state index < -0.39 is 10.8 Å². The summed E-state index contributed by atoms with van der Waals surface area (Å²) in [5.74, 6) is 3.24. The molecule has 2 spiro atoms. The van der Waals surface area contributed by atoms with Crippen LogP contribution in [-0.2, 0) is 46.4 Å². The summed E-state index contributed by atoms with van der Waals surface area (Å²) in [5, 5.41) is 8.78. The van der Waals surface area contributed by atoms with Crippen molar-refractivity contribution in [2.45, 2.75) is 97.9 Å². The highest BCUT2D eigenvalue weighted by Gasteiger charge is 2.51. The molecule has 5 fully saturated rings. The zero-order valence-electron chi connectivity index (χ0n) is 59.2. The highest BCUT2D eigenvalue weighted by atomic mass is 16.5. The van der Waals surface area contributed by atoms with E-state index in [2.05, 4.69) is 136 Å². The SMILES string of the molecule is CC(C)Oc1ccc(C2=NCc3ccc(N4CCCC5(CCN(CC(=O)N6CC=C(c7ccc(-c8ncn(C)n8)cc7)CC6)C5)C4=O)cc32)cn1.CC(C)Oc1ccc(C2=NCc3ccc(N4CCCC5(CCN(CC(=O)N6CCN(c7ccc(-c8ncn(C)n8)cc7)CC6)C5)C4=O)cc32)cn1. The molecule has 0 saturated carbocycles. The molecule has 8 aliphatic rings. The van der Waals surface area contributed by atoms with Crippen molar-refractivity contribution >= 4 is 57.7 Å². The van der Waals surface area contributed by atoms with E-state index in [0.717, 1.165) is 144 Å². The van der Waals surface area contributed by atoms with Gasteiger partial charge in [-0.2, -0.15) is 10.2 Å². The van der Waals surface area contributed by atoms with E-state index in [-0.39, 0.29) is 35.8 Å². The quantitative estimate of drug-likeness (QED) is 0.0879. The van der Waals surface area contributed by atoms with Crippen LogP contribution >= 0.6 is 0 Å². The van der Waals surface area contributed by atoms with Crippen LogP contribution in [0.3, 0.4) is 0 Å². The fourth-order valence-electron chi connectivity index (χ4n) is 16.0. The number of nitrogens with zero attached hydrogens (tertiary/aromatic N) is 17. The minimum Gasteiger partial charge on any atom is -0.475 e. The van der Waals surface area contributed by atoms with Gasteiger partial charge in [0.15, 0.2) is 11.6 Å². The van der Waals surface area contributed by atoms with Crippen LogP contribution in [0.5, 0.6) is 11.8 Å². The van der Waals surface area contributed by atoms with Gasteiger partial charge in [0.05, 0.1) is 60.6 Å². The number of pyridine rings is 2. The molecule has 16 rings (SSSR count). The van der Waals surface area contributed by atoms with Crippen LogP contribution in [0.15, 0.2) is 150 Å².